The summed E-state index contributed by atoms with van der Waals surface area (Å²) in [5, 5.41) is 17.9. The van der Waals surface area contributed by atoms with Gasteiger partial charge in [0.1, 0.15) is 17.8 Å². The van der Waals surface area contributed by atoms with Crippen LogP contribution >= 0.6 is 0 Å². The molecule has 4 aliphatic carbocycles. The summed E-state index contributed by atoms with van der Waals surface area (Å²) < 4.78 is 26.9. The van der Waals surface area contributed by atoms with Crippen molar-refractivity contribution in [3.05, 3.63) is 35.9 Å². The molecule has 0 radical (unpaired) electrons. The molecule has 0 aromatic carbocycles. The molecule has 33 heavy (non-hydrogen) atoms. The van der Waals surface area contributed by atoms with E-state index in [2.05, 4.69) is 30.9 Å². The molecule has 3 heterocycles. The molecule has 4 saturated carbocycles. The van der Waals surface area contributed by atoms with E-state index in [-0.39, 0.29) is 17.9 Å². The molecule has 10 nitrogen and oxygen atoms in total. The SMILES string of the molecule is COCc1cc2c(Nc3cc(C4CC(F)C(OC(=O)NC56CC(C5)C6)C4)[nH]n3)nccn2n1. The number of aromatic amines is 1. The van der Waals surface area contributed by atoms with Crippen LogP contribution in [0.5, 0.6) is 0 Å². The number of aromatic nitrogens is 5. The highest BCUT2D eigenvalue weighted by molar-refractivity contribution is 5.72. The first kappa shape index (κ1) is 20.4. The van der Waals surface area contributed by atoms with E-state index in [1.54, 1.807) is 24.0 Å². The lowest BCUT2D eigenvalue weighted by Crippen LogP contribution is -2.68. The summed E-state index contributed by atoms with van der Waals surface area (Å²) in [7, 11) is 1.62. The molecule has 0 aliphatic heterocycles. The Kier molecular flexibility index (Phi) is 4.75. The number of carbonyl (C=O) groups excluding carboxylic acids is 1. The molecule has 11 heteroatoms. The minimum Gasteiger partial charge on any atom is -0.443 e. The summed E-state index contributed by atoms with van der Waals surface area (Å²) in [6, 6.07) is 3.75. The Hall–Kier alpha value is -3.21. The van der Waals surface area contributed by atoms with E-state index in [0.29, 0.717) is 24.7 Å². The van der Waals surface area contributed by atoms with Crippen molar-refractivity contribution in [2.75, 3.05) is 12.4 Å². The maximum absolute atomic E-state index is 14.6. The molecule has 2 bridgehead atoms. The van der Waals surface area contributed by atoms with Crippen LogP contribution in [0.15, 0.2) is 24.5 Å². The van der Waals surface area contributed by atoms with Crippen LogP contribution in [0, 0.1) is 5.92 Å². The zero-order valence-electron chi connectivity index (χ0n) is 18.3. The van der Waals surface area contributed by atoms with E-state index in [1.807, 2.05) is 12.1 Å². The van der Waals surface area contributed by atoms with Crippen LogP contribution in [0.25, 0.3) is 5.52 Å². The number of anilines is 2. The molecule has 174 valence electrons. The molecular formula is C22H26FN7O3. The van der Waals surface area contributed by atoms with Crippen LogP contribution in [0.4, 0.5) is 20.8 Å². The molecular weight excluding hydrogens is 429 g/mol. The van der Waals surface area contributed by atoms with Crippen LogP contribution < -0.4 is 10.6 Å². The predicted molar refractivity (Wildman–Crippen MR) is 116 cm³/mol. The number of nitrogens with one attached hydrogen (secondary N) is 3. The number of carbonyl (C=O) groups is 1. The number of alkyl halides is 1. The second kappa shape index (κ2) is 7.68. The van der Waals surface area contributed by atoms with Crippen LogP contribution in [-0.4, -0.2) is 55.8 Å². The zero-order chi connectivity index (χ0) is 22.6. The number of rotatable bonds is 7. The third-order valence-electron chi connectivity index (χ3n) is 7.11. The van der Waals surface area contributed by atoms with Gasteiger partial charge in [-0.05, 0) is 44.1 Å². The molecule has 4 aliphatic rings. The van der Waals surface area contributed by atoms with Crippen molar-refractivity contribution < 1.29 is 18.7 Å². The number of H-pyrrole nitrogens is 1. The van der Waals surface area contributed by atoms with Gasteiger partial charge in [0, 0.05) is 42.7 Å². The van der Waals surface area contributed by atoms with Crippen molar-refractivity contribution in [1.82, 2.24) is 30.1 Å². The van der Waals surface area contributed by atoms with Crippen molar-refractivity contribution in [3.8, 4) is 0 Å². The molecule has 3 unspecified atom stereocenters. The van der Waals surface area contributed by atoms with Crippen molar-refractivity contribution >= 4 is 23.2 Å². The molecule has 4 fully saturated rings. The lowest BCUT2D eigenvalue weighted by atomic mass is 9.50. The standard InChI is InChI=1S/C22H26FN7O3/c1-32-11-14-6-17-20(24-2-3-30(17)29-14)25-19-7-16(27-28-19)13-4-15(23)18(5-13)33-21(31)26-22-8-12(9-22)10-22/h2-3,6-7,12-13,15,18H,4-5,8-11H2,1H3,(H,26,31)(H2,24,25,27,28). The molecule has 0 saturated heterocycles. The Morgan fingerprint density at radius 2 is 2.18 bits per heavy atom. The van der Waals surface area contributed by atoms with Crippen LogP contribution in [0.3, 0.4) is 0 Å². The molecule has 0 spiro atoms. The summed E-state index contributed by atoms with van der Waals surface area (Å²) in [5.74, 6) is 1.82. The van der Waals surface area contributed by atoms with Gasteiger partial charge in [-0.25, -0.2) is 18.7 Å². The number of nitrogens with zero attached hydrogens (tertiary/aromatic N) is 4. The summed E-state index contributed by atoms with van der Waals surface area (Å²) in [6.45, 7) is 0.405. The highest BCUT2D eigenvalue weighted by Crippen LogP contribution is 2.57. The fraction of sp³-hybridized carbons (Fsp3) is 0.545. The summed E-state index contributed by atoms with van der Waals surface area (Å²) in [4.78, 5) is 16.6. The number of alkyl carbamates (subject to hydrolysis) is 1. The van der Waals surface area contributed by atoms with Gasteiger partial charge in [0.25, 0.3) is 0 Å². The van der Waals surface area contributed by atoms with Gasteiger partial charge in [-0.3, -0.25) is 5.10 Å². The summed E-state index contributed by atoms with van der Waals surface area (Å²) in [6.07, 6.45) is 4.73. The largest absolute Gasteiger partial charge is 0.443 e. The number of ether oxygens (including phenoxy) is 2. The quantitative estimate of drug-likeness (QED) is 0.501. The zero-order valence-corrected chi connectivity index (χ0v) is 18.3. The predicted octanol–water partition coefficient (Wildman–Crippen LogP) is 3.21. The van der Waals surface area contributed by atoms with Crippen molar-refractivity contribution in [2.45, 2.75) is 62.4 Å². The molecule has 3 aromatic heterocycles. The third-order valence-corrected chi connectivity index (χ3v) is 7.11. The van der Waals surface area contributed by atoms with E-state index < -0.39 is 18.4 Å². The van der Waals surface area contributed by atoms with Crippen LogP contribution in [0.1, 0.15) is 49.4 Å². The number of fused-ring (bicyclic) bond motifs is 1. The molecule has 7 rings (SSSR count). The van der Waals surface area contributed by atoms with E-state index in [0.717, 1.165) is 42.1 Å². The van der Waals surface area contributed by atoms with E-state index in [9.17, 15) is 9.18 Å². The number of hydrogen-bond donors (Lipinski definition) is 3. The molecule has 3 N–H and O–H groups in total. The number of hydrogen-bond acceptors (Lipinski definition) is 7. The Morgan fingerprint density at radius 3 is 2.94 bits per heavy atom. The summed E-state index contributed by atoms with van der Waals surface area (Å²) >= 11 is 0. The van der Waals surface area contributed by atoms with Crippen LogP contribution in [0.2, 0.25) is 0 Å². The van der Waals surface area contributed by atoms with Gasteiger partial charge in [0.2, 0.25) is 0 Å². The Morgan fingerprint density at radius 1 is 1.33 bits per heavy atom. The maximum Gasteiger partial charge on any atom is 0.407 e. The Labute approximate surface area is 189 Å². The second-order valence-electron chi connectivity index (χ2n) is 9.52. The maximum atomic E-state index is 14.6. The second-order valence-corrected chi connectivity index (χ2v) is 9.52. The van der Waals surface area contributed by atoms with Crippen LogP contribution in [-0.2, 0) is 16.1 Å². The fourth-order valence-electron chi connectivity index (χ4n) is 5.36. The number of amides is 1. The van der Waals surface area contributed by atoms with E-state index in [1.165, 1.54) is 0 Å². The Balaban J connectivity index is 1.10. The minimum absolute atomic E-state index is 0.0771. The van der Waals surface area contributed by atoms with E-state index >= 15 is 0 Å². The lowest BCUT2D eigenvalue weighted by molar-refractivity contribution is -0.0530. The number of methoxy groups -OCH3 is 1. The number of halogens is 1. The van der Waals surface area contributed by atoms with Gasteiger partial charge < -0.3 is 20.1 Å². The first-order chi connectivity index (χ1) is 16.0. The van der Waals surface area contributed by atoms with E-state index in [4.69, 9.17) is 9.47 Å². The lowest BCUT2D eigenvalue weighted by Gasteiger charge is -2.61. The van der Waals surface area contributed by atoms with Gasteiger partial charge in [-0.15, -0.1) is 0 Å². The topological polar surface area (TPSA) is 118 Å². The highest BCUT2D eigenvalue weighted by Gasteiger charge is 2.58. The average molecular weight is 455 g/mol. The summed E-state index contributed by atoms with van der Waals surface area (Å²) in [5.41, 5.74) is 2.31. The highest BCUT2D eigenvalue weighted by atomic mass is 19.1. The smallest absolute Gasteiger partial charge is 0.407 e. The first-order valence-corrected chi connectivity index (χ1v) is 11.3. The normalized spacial score (nSPS) is 30.0. The van der Waals surface area contributed by atoms with Gasteiger partial charge >= 0.3 is 6.09 Å². The van der Waals surface area contributed by atoms with Crippen molar-refractivity contribution in [2.24, 2.45) is 5.92 Å². The van der Waals surface area contributed by atoms with Gasteiger partial charge in [-0.2, -0.15) is 10.2 Å². The molecule has 3 atom stereocenters. The van der Waals surface area contributed by atoms with Gasteiger partial charge in [0.05, 0.1) is 12.3 Å². The van der Waals surface area contributed by atoms with Crippen molar-refractivity contribution in [3.63, 3.8) is 0 Å². The van der Waals surface area contributed by atoms with Gasteiger partial charge in [0.15, 0.2) is 11.6 Å². The third kappa shape index (κ3) is 3.69. The van der Waals surface area contributed by atoms with Gasteiger partial charge in [-0.1, -0.05) is 0 Å². The monoisotopic (exact) mass is 455 g/mol. The fourth-order valence-corrected chi connectivity index (χ4v) is 5.36. The van der Waals surface area contributed by atoms with Crippen molar-refractivity contribution in [1.29, 1.82) is 0 Å². The molecule has 1 amide bonds. The minimum atomic E-state index is -1.20. The first-order valence-electron chi connectivity index (χ1n) is 11.3. The average Bonchev–Trinajstić information content (AvgIpc) is 3.44. The Bertz CT molecular complexity index is 1180. The molecule has 3 aromatic rings.